The van der Waals surface area contributed by atoms with E-state index < -0.39 is 0 Å². The lowest BCUT2D eigenvalue weighted by atomic mass is 10.1. The molecule has 0 bridgehead atoms. The van der Waals surface area contributed by atoms with E-state index in [1.807, 2.05) is 23.7 Å². The third-order valence-electron chi connectivity index (χ3n) is 3.61. The fourth-order valence-corrected chi connectivity index (χ4v) is 4.14. The highest BCUT2D eigenvalue weighted by Crippen LogP contribution is 2.30. The van der Waals surface area contributed by atoms with Crippen LogP contribution in [0.3, 0.4) is 0 Å². The second-order valence-corrected chi connectivity index (χ2v) is 6.95. The van der Waals surface area contributed by atoms with Gasteiger partial charge in [0, 0.05) is 35.2 Å². The first-order chi connectivity index (χ1) is 10.3. The lowest BCUT2D eigenvalue weighted by molar-refractivity contribution is 0.463. The van der Waals surface area contributed by atoms with Crippen LogP contribution in [0.2, 0.25) is 0 Å². The fourth-order valence-electron chi connectivity index (χ4n) is 2.49. The van der Waals surface area contributed by atoms with Gasteiger partial charge in [0.2, 0.25) is 0 Å². The molecule has 0 aliphatic heterocycles. The Bertz CT molecular complexity index is 656. The van der Waals surface area contributed by atoms with E-state index in [1.54, 1.807) is 11.3 Å². The lowest BCUT2D eigenvalue weighted by Gasteiger charge is -2.23. The Balaban J connectivity index is 1.91. The van der Waals surface area contributed by atoms with Crippen molar-refractivity contribution in [2.75, 3.05) is 0 Å². The van der Waals surface area contributed by atoms with Crippen molar-refractivity contribution in [3.63, 3.8) is 0 Å². The summed E-state index contributed by atoms with van der Waals surface area (Å²) in [6.07, 6.45) is 4.93. The van der Waals surface area contributed by atoms with Crippen LogP contribution in [0.25, 0.3) is 0 Å². The van der Waals surface area contributed by atoms with E-state index in [9.17, 15) is 0 Å². The van der Waals surface area contributed by atoms with Gasteiger partial charge in [0.1, 0.15) is 11.9 Å². The third kappa shape index (κ3) is 3.10. The normalized spacial score (nSPS) is 14.2. The van der Waals surface area contributed by atoms with Gasteiger partial charge < -0.3 is 4.57 Å². The molecule has 110 valence electrons. The predicted molar refractivity (Wildman–Crippen MR) is 89.9 cm³/mol. The molecule has 3 rings (SSSR count). The number of hydrogen-bond donors (Lipinski definition) is 1. The number of aryl methyl sites for hydroxylation is 1. The molecule has 3 nitrogen and oxygen atoms in total. The lowest BCUT2D eigenvalue weighted by Crippen LogP contribution is -2.28. The largest absolute Gasteiger partial charge is 0.336 e. The van der Waals surface area contributed by atoms with Gasteiger partial charge in [0.25, 0.3) is 0 Å². The van der Waals surface area contributed by atoms with Gasteiger partial charge in [-0.25, -0.2) is 4.98 Å². The molecular weight excluding hydrogens is 298 g/mol. The van der Waals surface area contributed by atoms with Crippen molar-refractivity contribution in [1.29, 1.82) is 0 Å². The van der Waals surface area contributed by atoms with Crippen LogP contribution < -0.4 is 5.32 Å². The minimum Gasteiger partial charge on any atom is -0.336 e. The topological polar surface area (TPSA) is 29.9 Å². The molecule has 5 heteroatoms. The molecule has 21 heavy (non-hydrogen) atoms. The van der Waals surface area contributed by atoms with Crippen LogP contribution in [0.4, 0.5) is 0 Å². The number of rotatable bonds is 6. The van der Waals surface area contributed by atoms with E-state index in [1.165, 1.54) is 9.75 Å². The fraction of sp³-hybridized carbons (Fsp3) is 0.312. The summed E-state index contributed by atoms with van der Waals surface area (Å²) in [4.78, 5) is 7.24. The number of aromatic nitrogens is 2. The zero-order valence-electron chi connectivity index (χ0n) is 12.2. The second kappa shape index (κ2) is 6.56. The number of imidazole rings is 1. The molecule has 2 unspecified atom stereocenters. The minimum atomic E-state index is 0.136. The first-order valence-electron chi connectivity index (χ1n) is 7.09. The first-order valence-corrected chi connectivity index (χ1v) is 8.85. The number of hydrogen-bond acceptors (Lipinski definition) is 4. The van der Waals surface area contributed by atoms with E-state index in [4.69, 9.17) is 0 Å². The van der Waals surface area contributed by atoms with Crippen molar-refractivity contribution in [3.05, 3.63) is 63.0 Å². The average Bonchev–Trinajstić information content (AvgIpc) is 3.21. The van der Waals surface area contributed by atoms with Crippen LogP contribution in [0.15, 0.2) is 47.4 Å². The number of nitrogens with one attached hydrogen (secondary N) is 1. The van der Waals surface area contributed by atoms with Crippen LogP contribution >= 0.6 is 22.7 Å². The summed E-state index contributed by atoms with van der Waals surface area (Å²) in [5.41, 5.74) is 0. The van der Waals surface area contributed by atoms with Gasteiger partial charge in [-0.15, -0.1) is 22.7 Å². The summed E-state index contributed by atoms with van der Waals surface area (Å²) < 4.78 is 2.10. The average molecular weight is 317 g/mol. The number of nitrogens with zero attached hydrogens (tertiary/aromatic N) is 2. The Morgan fingerprint density at radius 1 is 1.19 bits per heavy atom. The molecule has 0 amide bonds. The Morgan fingerprint density at radius 3 is 2.43 bits per heavy atom. The summed E-state index contributed by atoms with van der Waals surface area (Å²) in [5.74, 6) is 1.06. The van der Waals surface area contributed by atoms with Crippen molar-refractivity contribution < 1.29 is 0 Å². The zero-order valence-corrected chi connectivity index (χ0v) is 13.8. The van der Waals surface area contributed by atoms with Crippen molar-refractivity contribution in [2.24, 2.45) is 7.05 Å². The SMILES string of the molecule is CCC(NC(c1cccs1)c1nccn1C)c1cccs1. The third-order valence-corrected chi connectivity index (χ3v) is 5.53. The summed E-state index contributed by atoms with van der Waals surface area (Å²) in [5, 5.41) is 8.05. The van der Waals surface area contributed by atoms with Crippen LogP contribution in [-0.2, 0) is 7.05 Å². The van der Waals surface area contributed by atoms with Gasteiger partial charge in [-0.3, -0.25) is 5.32 Å². The standard InChI is InChI=1S/C16H19N3S2/c1-3-12(13-6-4-10-20-13)18-15(14-7-5-11-21-14)16-17-8-9-19(16)2/h4-12,15,18H,3H2,1-2H3. The first kappa shape index (κ1) is 14.5. The summed E-state index contributed by atoms with van der Waals surface area (Å²) in [6, 6.07) is 9.09. The van der Waals surface area contributed by atoms with E-state index in [0.29, 0.717) is 6.04 Å². The maximum Gasteiger partial charge on any atom is 0.131 e. The summed E-state index contributed by atoms with van der Waals surface area (Å²) in [6.45, 7) is 2.22. The molecule has 2 atom stereocenters. The molecule has 0 fully saturated rings. The van der Waals surface area contributed by atoms with E-state index in [2.05, 4.69) is 63.9 Å². The van der Waals surface area contributed by atoms with Gasteiger partial charge >= 0.3 is 0 Å². The Hall–Kier alpha value is -1.43. The maximum absolute atomic E-state index is 4.55. The molecule has 1 N–H and O–H groups in total. The van der Waals surface area contributed by atoms with Gasteiger partial charge in [-0.05, 0) is 29.3 Å². The van der Waals surface area contributed by atoms with Gasteiger partial charge in [-0.2, -0.15) is 0 Å². The van der Waals surface area contributed by atoms with E-state index in [0.717, 1.165) is 12.2 Å². The van der Waals surface area contributed by atoms with Crippen molar-refractivity contribution in [2.45, 2.75) is 25.4 Å². The van der Waals surface area contributed by atoms with Crippen molar-refractivity contribution in [3.8, 4) is 0 Å². The molecule has 3 aromatic heterocycles. The van der Waals surface area contributed by atoms with Gasteiger partial charge in [0.05, 0.1) is 0 Å². The quantitative estimate of drug-likeness (QED) is 0.731. The molecule has 0 aromatic carbocycles. The summed E-state index contributed by atoms with van der Waals surface area (Å²) >= 11 is 3.59. The molecule has 0 saturated heterocycles. The highest BCUT2D eigenvalue weighted by Gasteiger charge is 2.23. The predicted octanol–water partition coefficient (Wildman–Crippen LogP) is 4.37. The Labute approximate surface area is 133 Å². The molecule has 0 spiro atoms. The number of thiophene rings is 2. The smallest absolute Gasteiger partial charge is 0.131 e. The van der Waals surface area contributed by atoms with Gasteiger partial charge in [0.15, 0.2) is 0 Å². The monoisotopic (exact) mass is 317 g/mol. The molecule has 0 saturated carbocycles. The Kier molecular flexibility index (Phi) is 4.53. The maximum atomic E-state index is 4.55. The Morgan fingerprint density at radius 2 is 1.90 bits per heavy atom. The molecule has 0 aliphatic carbocycles. The molecule has 0 radical (unpaired) electrons. The van der Waals surface area contributed by atoms with Crippen LogP contribution in [0, 0.1) is 0 Å². The van der Waals surface area contributed by atoms with Crippen LogP contribution in [0.1, 0.15) is 41.0 Å². The van der Waals surface area contributed by atoms with Crippen LogP contribution in [-0.4, -0.2) is 9.55 Å². The zero-order chi connectivity index (χ0) is 14.7. The van der Waals surface area contributed by atoms with Crippen molar-refractivity contribution >= 4 is 22.7 Å². The molecule has 3 heterocycles. The van der Waals surface area contributed by atoms with Crippen molar-refractivity contribution in [1.82, 2.24) is 14.9 Å². The van der Waals surface area contributed by atoms with Gasteiger partial charge in [-0.1, -0.05) is 19.1 Å². The molecule has 0 aliphatic rings. The van der Waals surface area contributed by atoms with E-state index >= 15 is 0 Å². The minimum absolute atomic E-state index is 0.136. The summed E-state index contributed by atoms with van der Waals surface area (Å²) in [7, 11) is 2.05. The second-order valence-electron chi connectivity index (χ2n) is 4.99. The molecular formula is C16H19N3S2. The van der Waals surface area contributed by atoms with E-state index in [-0.39, 0.29) is 6.04 Å². The highest BCUT2D eigenvalue weighted by atomic mass is 32.1. The molecule has 3 aromatic rings. The van der Waals surface area contributed by atoms with Crippen LogP contribution in [0.5, 0.6) is 0 Å². The highest BCUT2D eigenvalue weighted by molar-refractivity contribution is 7.10.